The number of benzene rings is 4. The molecule has 0 fully saturated rings. The van der Waals surface area contributed by atoms with Gasteiger partial charge in [-0.25, -0.2) is 0 Å². The third-order valence-corrected chi connectivity index (χ3v) is 7.57. The SMILES string of the molecule is C[OH+]C.Cc1ccc([B-](c2ccc(C)cc2C)(c2ccc(C)cc2C)c2ccc(C)cc2C)c(C)c1. The molecule has 0 aliphatic heterocycles. The van der Waals surface area contributed by atoms with Crippen molar-refractivity contribution in [1.82, 2.24) is 0 Å². The molecular weight excluding hydrogens is 435 g/mol. The Morgan fingerprint density at radius 2 is 0.583 bits per heavy atom. The van der Waals surface area contributed by atoms with Crippen molar-refractivity contribution >= 4 is 28.0 Å². The van der Waals surface area contributed by atoms with Crippen LogP contribution in [-0.4, -0.2) is 25.1 Å². The van der Waals surface area contributed by atoms with Crippen molar-refractivity contribution in [2.75, 3.05) is 14.2 Å². The summed E-state index contributed by atoms with van der Waals surface area (Å²) in [6.45, 7) is 17.9. The van der Waals surface area contributed by atoms with Crippen LogP contribution in [0.1, 0.15) is 44.5 Å². The molecule has 0 aromatic heterocycles. The molecule has 4 aromatic rings. The van der Waals surface area contributed by atoms with E-state index in [2.05, 4.69) is 133 Å². The first-order valence-corrected chi connectivity index (χ1v) is 13.0. The summed E-state index contributed by atoms with van der Waals surface area (Å²) in [5.41, 5.74) is 16.3. The van der Waals surface area contributed by atoms with E-state index in [4.69, 9.17) is 0 Å². The van der Waals surface area contributed by atoms with Crippen molar-refractivity contribution in [3.05, 3.63) is 117 Å². The molecule has 1 nitrogen and oxygen atoms in total. The number of ether oxygens (including phenoxy) is 1. The second kappa shape index (κ2) is 11.3. The van der Waals surface area contributed by atoms with Crippen LogP contribution in [0.2, 0.25) is 0 Å². The number of rotatable bonds is 4. The van der Waals surface area contributed by atoms with E-state index in [-0.39, 0.29) is 0 Å². The van der Waals surface area contributed by atoms with Gasteiger partial charge in [0, 0.05) is 0 Å². The monoisotopic (exact) mass is 478 g/mol. The predicted octanol–water partition coefficient (Wildman–Crippen LogP) is 5.31. The van der Waals surface area contributed by atoms with E-state index < -0.39 is 6.15 Å². The molecule has 4 rings (SSSR count). The number of aliphatic hydroxyl groups is 2. The standard InChI is InChI=1S/C32H36B.C2H6O/c1-21-9-13-29(25(5)17-21)33(30-14-10-22(2)18-26(30)6,31-15-11-23(3)19-27(31)7)32-16-12-24(4)20-28(32)8;1-3-2/h9-20H,1-8H3;1-2H3/q-1;/p+1. The molecule has 0 saturated carbocycles. The van der Waals surface area contributed by atoms with Gasteiger partial charge in [0.25, 0.3) is 0 Å². The molecule has 188 valence electrons. The zero-order valence-corrected chi connectivity index (χ0v) is 24.0. The van der Waals surface area contributed by atoms with Crippen LogP contribution in [0.5, 0.6) is 0 Å². The Morgan fingerprint density at radius 1 is 0.389 bits per heavy atom. The number of hydrogen-bond acceptors (Lipinski definition) is 0. The second-order valence-electron chi connectivity index (χ2n) is 10.8. The van der Waals surface area contributed by atoms with Crippen LogP contribution in [0.25, 0.3) is 0 Å². The highest BCUT2D eigenvalue weighted by Crippen LogP contribution is 2.19. The Morgan fingerprint density at radius 3 is 0.750 bits per heavy atom. The molecule has 36 heavy (non-hydrogen) atoms. The minimum Gasteiger partial charge on any atom is -0.438 e. The van der Waals surface area contributed by atoms with Crippen LogP contribution in [0.15, 0.2) is 72.8 Å². The van der Waals surface area contributed by atoms with E-state index in [1.54, 1.807) is 14.2 Å². The Bertz CT molecular complexity index is 1150. The van der Waals surface area contributed by atoms with Crippen molar-refractivity contribution in [1.29, 1.82) is 0 Å². The van der Waals surface area contributed by atoms with Gasteiger partial charge in [-0.05, 0) is 55.4 Å². The molecule has 0 unspecified atom stereocenters. The van der Waals surface area contributed by atoms with Crippen LogP contribution in [0, 0.1) is 55.4 Å². The summed E-state index contributed by atoms with van der Waals surface area (Å²) in [4.78, 5) is 0. The molecule has 0 saturated heterocycles. The molecule has 0 amide bonds. The maximum Gasteiger partial charge on any atom is 0.134 e. The zero-order valence-electron chi connectivity index (χ0n) is 24.0. The molecule has 1 N–H and O–H groups in total. The lowest BCUT2D eigenvalue weighted by atomic mass is 9.11. The summed E-state index contributed by atoms with van der Waals surface area (Å²) in [5, 5.41) is 0. The van der Waals surface area contributed by atoms with Crippen molar-refractivity contribution in [2.45, 2.75) is 55.4 Å². The Hall–Kier alpha value is -3.10. The molecule has 0 aliphatic rings. The van der Waals surface area contributed by atoms with Gasteiger partial charge in [-0.1, -0.05) is 117 Å². The molecule has 4 aromatic carbocycles. The largest absolute Gasteiger partial charge is 0.438 e. The van der Waals surface area contributed by atoms with E-state index >= 15 is 0 Å². The third-order valence-electron chi connectivity index (χ3n) is 7.57. The van der Waals surface area contributed by atoms with E-state index in [0.717, 1.165) is 0 Å². The van der Waals surface area contributed by atoms with Crippen molar-refractivity contribution in [3.63, 3.8) is 0 Å². The summed E-state index contributed by atoms with van der Waals surface area (Å²) in [7, 11) is 3.50. The molecule has 0 spiro atoms. The zero-order chi connectivity index (χ0) is 26.6. The van der Waals surface area contributed by atoms with Gasteiger partial charge in [0.15, 0.2) is 0 Å². The summed E-state index contributed by atoms with van der Waals surface area (Å²) >= 11 is 0. The molecule has 2 heteroatoms. The Balaban J connectivity index is 0.00000115. The first-order chi connectivity index (χ1) is 17.1. The predicted molar refractivity (Wildman–Crippen MR) is 162 cm³/mol. The van der Waals surface area contributed by atoms with Crippen LogP contribution >= 0.6 is 0 Å². The van der Waals surface area contributed by atoms with Gasteiger partial charge in [0.05, 0.1) is 0 Å². The smallest absolute Gasteiger partial charge is 0.134 e. The highest BCUT2D eigenvalue weighted by molar-refractivity contribution is 7.20. The van der Waals surface area contributed by atoms with E-state index in [0.29, 0.717) is 0 Å². The second-order valence-corrected chi connectivity index (χ2v) is 10.8. The fraction of sp³-hybridized carbons (Fsp3) is 0.294. The third kappa shape index (κ3) is 5.20. The van der Waals surface area contributed by atoms with Gasteiger partial charge >= 0.3 is 0 Å². The lowest BCUT2D eigenvalue weighted by Crippen LogP contribution is -2.76. The van der Waals surface area contributed by atoms with Gasteiger partial charge in [0.1, 0.15) is 20.4 Å². The topological polar surface area (TPSA) is 12.8 Å². The van der Waals surface area contributed by atoms with Crippen LogP contribution in [-0.2, 0) is 0 Å². The average molecular weight is 479 g/mol. The fourth-order valence-electron chi connectivity index (χ4n) is 6.25. The van der Waals surface area contributed by atoms with Crippen LogP contribution in [0.3, 0.4) is 0 Å². The number of hydrogen-bond donors (Lipinski definition) is 0. The maximum absolute atomic E-state index is 3.50. The molecular formula is C34H43BO. The minimum atomic E-state index is -1.38. The molecule has 0 bridgehead atoms. The maximum atomic E-state index is 3.50. The number of aryl methyl sites for hydroxylation is 8. The van der Waals surface area contributed by atoms with E-state index in [1.807, 2.05) is 0 Å². The van der Waals surface area contributed by atoms with Crippen LogP contribution in [0.4, 0.5) is 0 Å². The quantitative estimate of drug-likeness (QED) is 0.279. The summed E-state index contributed by atoms with van der Waals surface area (Å²) in [6, 6.07) is 28.1. The van der Waals surface area contributed by atoms with Crippen molar-refractivity contribution < 1.29 is 4.74 Å². The minimum absolute atomic E-state index is 1.31. The molecule has 0 aliphatic carbocycles. The normalized spacial score (nSPS) is 11.2. The molecule has 0 heterocycles. The average Bonchev–Trinajstić information content (AvgIpc) is 2.78. The van der Waals surface area contributed by atoms with Gasteiger partial charge in [-0.2, -0.15) is 21.9 Å². The lowest BCUT2D eigenvalue weighted by Gasteiger charge is -2.48. The van der Waals surface area contributed by atoms with E-state index in [9.17, 15) is 0 Å². The fourth-order valence-corrected chi connectivity index (χ4v) is 6.25. The van der Waals surface area contributed by atoms with Gasteiger partial charge < -0.3 is 4.74 Å². The van der Waals surface area contributed by atoms with Crippen LogP contribution < -0.4 is 21.9 Å². The van der Waals surface area contributed by atoms with Crippen molar-refractivity contribution in [3.8, 4) is 0 Å². The first kappa shape index (κ1) is 27.5. The summed E-state index contributed by atoms with van der Waals surface area (Å²) in [5.74, 6) is 0. The summed E-state index contributed by atoms with van der Waals surface area (Å²) in [6.07, 6.45) is -1.38. The van der Waals surface area contributed by atoms with Gasteiger partial charge in [0.2, 0.25) is 0 Å². The molecule has 0 atom stereocenters. The molecule has 0 radical (unpaired) electrons. The highest BCUT2D eigenvalue weighted by Gasteiger charge is 2.35. The first-order valence-electron chi connectivity index (χ1n) is 13.0. The van der Waals surface area contributed by atoms with E-state index in [1.165, 1.54) is 66.4 Å². The lowest BCUT2D eigenvalue weighted by molar-refractivity contribution is 0.0768. The Kier molecular flexibility index (Phi) is 8.64. The highest BCUT2D eigenvalue weighted by atomic mass is 16.4. The van der Waals surface area contributed by atoms with Gasteiger partial charge in [-0.3, -0.25) is 0 Å². The van der Waals surface area contributed by atoms with Crippen molar-refractivity contribution in [2.24, 2.45) is 0 Å². The summed E-state index contributed by atoms with van der Waals surface area (Å²) < 4.78 is 3.50. The van der Waals surface area contributed by atoms with Gasteiger partial charge in [-0.15, -0.1) is 0 Å². The Labute approximate surface area is 219 Å².